The summed E-state index contributed by atoms with van der Waals surface area (Å²) in [6.07, 6.45) is 0. The van der Waals surface area contributed by atoms with Crippen LogP contribution in [-0.2, 0) is 9.59 Å². The first kappa shape index (κ1) is 19.8. The fourth-order valence-corrected chi connectivity index (χ4v) is 3.28. The van der Waals surface area contributed by atoms with Gasteiger partial charge >= 0.3 is 0 Å². The number of likely N-dealkylation sites (tertiary alicyclic amines) is 1. The zero-order chi connectivity index (χ0) is 20.4. The fourth-order valence-electron chi connectivity index (χ4n) is 3.28. The van der Waals surface area contributed by atoms with E-state index >= 15 is 0 Å². The summed E-state index contributed by atoms with van der Waals surface area (Å²) < 4.78 is 13.3. The van der Waals surface area contributed by atoms with Gasteiger partial charge in [-0.15, -0.1) is 0 Å². The van der Waals surface area contributed by atoms with Crippen LogP contribution < -0.4 is 0 Å². The molecular formula is C22H23FN2O3. The van der Waals surface area contributed by atoms with Crippen molar-refractivity contribution in [3.63, 3.8) is 0 Å². The number of halogens is 1. The quantitative estimate of drug-likeness (QED) is 0.490. The molecule has 28 heavy (non-hydrogen) atoms. The number of benzene rings is 2. The highest BCUT2D eigenvalue weighted by Crippen LogP contribution is 2.39. The van der Waals surface area contributed by atoms with Gasteiger partial charge in [-0.2, -0.15) is 0 Å². The lowest BCUT2D eigenvalue weighted by atomic mass is 9.95. The highest BCUT2D eigenvalue weighted by molar-refractivity contribution is 6.46. The second kappa shape index (κ2) is 7.94. The predicted molar refractivity (Wildman–Crippen MR) is 105 cm³/mol. The lowest BCUT2D eigenvalue weighted by Crippen LogP contribution is -2.35. The van der Waals surface area contributed by atoms with Gasteiger partial charge in [-0.3, -0.25) is 9.59 Å². The van der Waals surface area contributed by atoms with Crippen molar-refractivity contribution in [2.45, 2.75) is 13.0 Å². The standard InChI is InChI=1S/C22H23FN2O3/c1-14-4-6-15(7-5-14)19-18(20(26)16-8-10-17(23)11-9-16)21(27)22(28)25(19)13-12-24(2)3/h4-11,19,26H,12-13H2,1-3H3/t19-/m1/s1. The van der Waals surface area contributed by atoms with Crippen LogP contribution in [0.25, 0.3) is 5.76 Å². The van der Waals surface area contributed by atoms with Crippen LogP contribution in [0.2, 0.25) is 0 Å². The second-order valence-electron chi connectivity index (χ2n) is 7.21. The monoisotopic (exact) mass is 382 g/mol. The van der Waals surface area contributed by atoms with Gasteiger partial charge in [0.25, 0.3) is 11.7 Å². The van der Waals surface area contributed by atoms with Crippen LogP contribution in [0.4, 0.5) is 4.39 Å². The van der Waals surface area contributed by atoms with Crippen molar-refractivity contribution in [1.29, 1.82) is 0 Å². The topological polar surface area (TPSA) is 60.9 Å². The van der Waals surface area contributed by atoms with Gasteiger partial charge in [-0.1, -0.05) is 29.8 Å². The van der Waals surface area contributed by atoms with E-state index < -0.39 is 23.5 Å². The van der Waals surface area contributed by atoms with Gasteiger partial charge in [-0.05, 0) is 50.8 Å². The SMILES string of the molecule is Cc1ccc([C@@H]2C(=C(O)c3ccc(F)cc3)C(=O)C(=O)N2CCN(C)C)cc1. The molecule has 0 bridgehead atoms. The Labute approximate surface area is 163 Å². The van der Waals surface area contributed by atoms with Crippen LogP contribution in [0.5, 0.6) is 0 Å². The number of Topliss-reactive ketones (excluding diaryl/α,β-unsaturated/α-hetero) is 1. The molecule has 1 atom stereocenters. The molecular weight excluding hydrogens is 359 g/mol. The van der Waals surface area contributed by atoms with E-state index in [2.05, 4.69) is 0 Å². The third-order valence-corrected chi connectivity index (χ3v) is 4.84. The molecule has 146 valence electrons. The number of rotatable bonds is 5. The molecule has 0 spiro atoms. The molecule has 1 fully saturated rings. The Kier molecular flexibility index (Phi) is 5.61. The molecule has 0 radical (unpaired) electrons. The molecule has 1 saturated heterocycles. The largest absolute Gasteiger partial charge is 0.507 e. The van der Waals surface area contributed by atoms with Gasteiger partial charge in [0.1, 0.15) is 11.6 Å². The number of likely N-dealkylation sites (N-methyl/N-ethyl adjacent to an activating group) is 1. The zero-order valence-electron chi connectivity index (χ0n) is 16.1. The first-order chi connectivity index (χ1) is 13.3. The summed E-state index contributed by atoms with van der Waals surface area (Å²) in [6, 6.07) is 12.0. The van der Waals surface area contributed by atoms with Crippen molar-refractivity contribution in [3.8, 4) is 0 Å². The number of aliphatic hydroxyl groups excluding tert-OH is 1. The van der Waals surface area contributed by atoms with Gasteiger partial charge in [0.2, 0.25) is 0 Å². The summed E-state index contributed by atoms with van der Waals surface area (Å²) in [7, 11) is 3.77. The molecule has 6 heteroatoms. The van der Waals surface area contributed by atoms with Crippen LogP contribution in [-0.4, -0.2) is 53.8 Å². The lowest BCUT2D eigenvalue weighted by molar-refractivity contribution is -0.140. The number of hydrogen-bond acceptors (Lipinski definition) is 4. The molecule has 3 rings (SSSR count). The normalized spacial score (nSPS) is 18.9. The number of carbonyl (C=O) groups excluding carboxylic acids is 2. The van der Waals surface area contributed by atoms with Crippen molar-refractivity contribution >= 4 is 17.4 Å². The Morgan fingerprint density at radius 1 is 1.07 bits per heavy atom. The molecule has 1 amide bonds. The van der Waals surface area contributed by atoms with Crippen LogP contribution in [0.3, 0.4) is 0 Å². The van der Waals surface area contributed by atoms with E-state index in [0.29, 0.717) is 18.7 Å². The number of nitrogens with zero attached hydrogens (tertiary/aromatic N) is 2. The van der Waals surface area contributed by atoms with Gasteiger partial charge in [0.15, 0.2) is 0 Å². The zero-order valence-corrected chi connectivity index (χ0v) is 16.1. The highest BCUT2D eigenvalue weighted by Gasteiger charge is 2.45. The van der Waals surface area contributed by atoms with Crippen molar-refractivity contribution < 1.29 is 19.1 Å². The summed E-state index contributed by atoms with van der Waals surface area (Å²) in [5, 5.41) is 10.8. The summed E-state index contributed by atoms with van der Waals surface area (Å²) in [4.78, 5) is 28.9. The van der Waals surface area contributed by atoms with E-state index in [1.54, 1.807) is 0 Å². The van der Waals surface area contributed by atoms with E-state index in [-0.39, 0.29) is 11.3 Å². The van der Waals surface area contributed by atoms with Crippen LogP contribution >= 0.6 is 0 Å². The summed E-state index contributed by atoms with van der Waals surface area (Å²) in [5.41, 5.74) is 2.11. The molecule has 1 N–H and O–H groups in total. The van der Waals surface area contributed by atoms with Crippen molar-refractivity contribution in [1.82, 2.24) is 9.80 Å². The fraction of sp³-hybridized carbons (Fsp3) is 0.273. The van der Waals surface area contributed by atoms with E-state index in [1.807, 2.05) is 50.2 Å². The summed E-state index contributed by atoms with van der Waals surface area (Å²) in [5.74, 6) is -2.11. The Balaban J connectivity index is 2.13. The lowest BCUT2D eigenvalue weighted by Gasteiger charge is -2.26. The van der Waals surface area contributed by atoms with E-state index in [4.69, 9.17) is 0 Å². The molecule has 0 saturated carbocycles. The van der Waals surface area contributed by atoms with Crippen LogP contribution in [0.1, 0.15) is 22.7 Å². The van der Waals surface area contributed by atoms with Crippen molar-refractivity contribution in [2.24, 2.45) is 0 Å². The number of amides is 1. The van der Waals surface area contributed by atoms with Gasteiger partial charge in [-0.25, -0.2) is 4.39 Å². The van der Waals surface area contributed by atoms with Crippen molar-refractivity contribution in [3.05, 3.63) is 76.6 Å². The minimum atomic E-state index is -0.730. The average molecular weight is 382 g/mol. The molecule has 1 heterocycles. The number of ketones is 1. The Hall–Kier alpha value is -2.99. The molecule has 0 aromatic heterocycles. The van der Waals surface area contributed by atoms with Crippen molar-refractivity contribution in [2.75, 3.05) is 27.2 Å². The first-order valence-electron chi connectivity index (χ1n) is 9.05. The Morgan fingerprint density at radius 2 is 1.68 bits per heavy atom. The maximum absolute atomic E-state index is 13.3. The summed E-state index contributed by atoms with van der Waals surface area (Å²) in [6.45, 7) is 2.87. The van der Waals surface area contributed by atoms with Crippen LogP contribution in [0.15, 0.2) is 54.1 Å². The second-order valence-corrected chi connectivity index (χ2v) is 7.21. The van der Waals surface area contributed by atoms with E-state index in [9.17, 15) is 19.1 Å². The number of aryl methyl sites for hydroxylation is 1. The molecule has 0 unspecified atom stereocenters. The maximum atomic E-state index is 13.3. The predicted octanol–water partition coefficient (Wildman–Crippen LogP) is 3.12. The Bertz CT molecular complexity index is 918. The number of aliphatic hydroxyl groups is 1. The minimum absolute atomic E-state index is 0.0271. The smallest absolute Gasteiger partial charge is 0.295 e. The van der Waals surface area contributed by atoms with E-state index in [1.165, 1.54) is 29.2 Å². The highest BCUT2D eigenvalue weighted by atomic mass is 19.1. The molecule has 0 aliphatic carbocycles. The maximum Gasteiger partial charge on any atom is 0.295 e. The van der Waals surface area contributed by atoms with Gasteiger partial charge in [0.05, 0.1) is 11.6 Å². The van der Waals surface area contributed by atoms with Gasteiger partial charge < -0.3 is 14.9 Å². The average Bonchev–Trinajstić information content (AvgIpc) is 2.91. The number of carbonyl (C=O) groups is 2. The molecule has 1 aliphatic heterocycles. The molecule has 1 aliphatic rings. The van der Waals surface area contributed by atoms with E-state index in [0.717, 1.165) is 11.1 Å². The van der Waals surface area contributed by atoms with Gasteiger partial charge in [0, 0.05) is 18.7 Å². The molecule has 2 aromatic carbocycles. The third-order valence-electron chi connectivity index (χ3n) is 4.84. The number of hydrogen-bond donors (Lipinski definition) is 1. The van der Waals surface area contributed by atoms with Crippen LogP contribution in [0, 0.1) is 12.7 Å². The summed E-state index contributed by atoms with van der Waals surface area (Å²) >= 11 is 0. The first-order valence-corrected chi connectivity index (χ1v) is 9.05. The Morgan fingerprint density at radius 3 is 2.25 bits per heavy atom. The molecule has 2 aromatic rings. The molecule has 5 nitrogen and oxygen atoms in total. The minimum Gasteiger partial charge on any atom is -0.507 e. The third kappa shape index (κ3) is 3.82.